The fourth-order valence-electron chi connectivity index (χ4n) is 1.66. The van der Waals surface area contributed by atoms with Crippen LogP contribution in [0.4, 0.5) is 11.4 Å². The first-order valence-corrected chi connectivity index (χ1v) is 7.06. The Morgan fingerprint density at radius 3 is 2.76 bits per heavy atom. The molecule has 0 bridgehead atoms. The fourth-order valence-corrected chi connectivity index (χ4v) is 2.08. The van der Waals surface area contributed by atoms with Crippen molar-refractivity contribution in [2.75, 3.05) is 36.2 Å². The maximum Gasteiger partial charge on any atom is 0.161 e. The highest BCUT2D eigenvalue weighted by atomic mass is 32.2. The van der Waals surface area contributed by atoms with Gasteiger partial charge in [-0.2, -0.15) is 11.8 Å². The second-order valence-corrected chi connectivity index (χ2v) is 5.08. The molecule has 0 aliphatic rings. The van der Waals surface area contributed by atoms with Gasteiger partial charge in [0.15, 0.2) is 5.78 Å². The predicted molar refractivity (Wildman–Crippen MR) is 77.1 cm³/mol. The van der Waals surface area contributed by atoms with E-state index in [9.17, 15) is 4.79 Å². The Kier molecular flexibility index (Phi) is 5.35. The summed E-state index contributed by atoms with van der Waals surface area (Å²) in [6.45, 7) is 2.53. The van der Waals surface area contributed by atoms with Crippen LogP contribution < -0.4 is 10.6 Å². The van der Waals surface area contributed by atoms with Gasteiger partial charge in [-0.1, -0.05) is 0 Å². The van der Waals surface area contributed by atoms with Crippen LogP contribution in [0.1, 0.15) is 23.7 Å². The molecular weight excluding hydrogens is 232 g/mol. The number of carbonyl (C=O) groups is 1. The summed E-state index contributed by atoms with van der Waals surface area (Å²) in [7, 11) is 2.04. The van der Waals surface area contributed by atoms with Crippen molar-refractivity contribution in [2.45, 2.75) is 13.3 Å². The molecule has 0 fully saturated rings. The molecule has 1 aromatic carbocycles. The van der Waals surface area contributed by atoms with Crippen LogP contribution in [0, 0.1) is 0 Å². The van der Waals surface area contributed by atoms with Crippen LogP contribution in [-0.2, 0) is 0 Å². The van der Waals surface area contributed by atoms with E-state index in [0.29, 0.717) is 11.3 Å². The van der Waals surface area contributed by atoms with Crippen molar-refractivity contribution in [3.8, 4) is 0 Å². The number of benzene rings is 1. The van der Waals surface area contributed by atoms with E-state index < -0.39 is 0 Å². The number of hydrogen-bond donors (Lipinski definition) is 1. The van der Waals surface area contributed by atoms with Crippen LogP contribution in [-0.4, -0.2) is 31.4 Å². The maximum atomic E-state index is 11.4. The third-order valence-corrected chi connectivity index (χ3v) is 3.40. The minimum atomic E-state index is 0.0156. The van der Waals surface area contributed by atoms with Gasteiger partial charge in [-0.25, -0.2) is 0 Å². The summed E-state index contributed by atoms with van der Waals surface area (Å²) < 4.78 is 0. The molecule has 0 radical (unpaired) electrons. The predicted octanol–water partition coefficient (Wildman–Crippen LogP) is 2.66. The van der Waals surface area contributed by atoms with Gasteiger partial charge in [0, 0.05) is 30.5 Å². The molecule has 1 aromatic rings. The van der Waals surface area contributed by atoms with E-state index >= 15 is 0 Å². The van der Waals surface area contributed by atoms with Gasteiger partial charge in [-0.15, -0.1) is 0 Å². The topological polar surface area (TPSA) is 46.3 Å². The quantitative estimate of drug-likeness (QED) is 0.480. The van der Waals surface area contributed by atoms with Crippen molar-refractivity contribution < 1.29 is 4.79 Å². The first-order valence-electron chi connectivity index (χ1n) is 5.66. The third-order valence-electron chi connectivity index (χ3n) is 2.70. The largest absolute Gasteiger partial charge is 0.398 e. The number of nitrogen functional groups attached to an aromatic ring is 1. The van der Waals surface area contributed by atoms with E-state index in [2.05, 4.69) is 11.2 Å². The van der Waals surface area contributed by atoms with Gasteiger partial charge in [-0.05, 0) is 43.6 Å². The Hall–Kier alpha value is -1.16. The molecule has 0 heterocycles. The molecule has 0 spiro atoms. The number of carbonyl (C=O) groups excluding carboxylic acids is 1. The van der Waals surface area contributed by atoms with Gasteiger partial charge in [0.2, 0.25) is 0 Å². The molecule has 0 saturated heterocycles. The van der Waals surface area contributed by atoms with Crippen LogP contribution in [0.5, 0.6) is 0 Å². The van der Waals surface area contributed by atoms with E-state index in [1.807, 2.05) is 30.9 Å². The molecule has 2 N–H and O–H groups in total. The maximum absolute atomic E-state index is 11.4. The van der Waals surface area contributed by atoms with E-state index in [1.165, 1.54) is 0 Å². The minimum Gasteiger partial charge on any atom is -0.398 e. The third kappa shape index (κ3) is 3.97. The summed E-state index contributed by atoms with van der Waals surface area (Å²) in [4.78, 5) is 13.6. The molecule has 0 amide bonds. The average Bonchev–Trinajstić information content (AvgIpc) is 2.29. The number of rotatable bonds is 6. The molecule has 3 nitrogen and oxygen atoms in total. The van der Waals surface area contributed by atoms with Crippen molar-refractivity contribution >= 4 is 28.9 Å². The van der Waals surface area contributed by atoms with Crippen molar-refractivity contribution in [1.82, 2.24) is 0 Å². The van der Waals surface area contributed by atoms with Gasteiger partial charge < -0.3 is 10.6 Å². The molecular formula is C13H20N2OS. The lowest BCUT2D eigenvalue weighted by molar-refractivity contribution is 0.101. The second-order valence-electron chi connectivity index (χ2n) is 4.10. The van der Waals surface area contributed by atoms with Crippen molar-refractivity contribution in [3.05, 3.63) is 23.8 Å². The SMILES string of the molecule is CSCCCN(C)c1ccc(N)c(C(C)=O)c1. The smallest absolute Gasteiger partial charge is 0.161 e. The molecule has 0 atom stereocenters. The highest BCUT2D eigenvalue weighted by molar-refractivity contribution is 7.98. The molecule has 4 heteroatoms. The number of hydrogen-bond acceptors (Lipinski definition) is 4. The summed E-state index contributed by atoms with van der Waals surface area (Å²) in [5.74, 6) is 1.17. The van der Waals surface area contributed by atoms with Crippen LogP contribution in [0.3, 0.4) is 0 Å². The Morgan fingerprint density at radius 2 is 2.18 bits per heavy atom. The van der Waals surface area contributed by atoms with Crippen LogP contribution >= 0.6 is 11.8 Å². The first-order chi connectivity index (χ1) is 8.06. The lowest BCUT2D eigenvalue weighted by atomic mass is 10.1. The van der Waals surface area contributed by atoms with Gasteiger partial charge in [-0.3, -0.25) is 4.79 Å². The number of nitrogens with two attached hydrogens (primary N) is 1. The Morgan fingerprint density at radius 1 is 1.47 bits per heavy atom. The summed E-state index contributed by atoms with van der Waals surface area (Å²) >= 11 is 1.85. The van der Waals surface area contributed by atoms with Crippen LogP contribution in [0.15, 0.2) is 18.2 Å². The minimum absolute atomic E-state index is 0.0156. The zero-order chi connectivity index (χ0) is 12.8. The molecule has 0 saturated carbocycles. The summed E-state index contributed by atoms with van der Waals surface area (Å²) in [5.41, 5.74) is 7.98. The second kappa shape index (κ2) is 6.55. The molecule has 0 aliphatic carbocycles. The highest BCUT2D eigenvalue weighted by Crippen LogP contribution is 2.21. The molecule has 94 valence electrons. The number of ketones is 1. The number of Topliss-reactive ketones (excluding diaryl/α,β-unsaturated/α-hetero) is 1. The standard InChI is InChI=1S/C13H20N2OS/c1-10(16)12-9-11(5-6-13(12)14)15(2)7-4-8-17-3/h5-6,9H,4,7-8,14H2,1-3H3. The fraction of sp³-hybridized carbons (Fsp3) is 0.462. The lowest BCUT2D eigenvalue weighted by Crippen LogP contribution is -2.19. The van der Waals surface area contributed by atoms with Crippen LogP contribution in [0.25, 0.3) is 0 Å². The zero-order valence-corrected chi connectivity index (χ0v) is 11.5. The van der Waals surface area contributed by atoms with Gasteiger partial charge >= 0.3 is 0 Å². The Bertz CT molecular complexity index is 393. The van der Waals surface area contributed by atoms with E-state index in [4.69, 9.17) is 5.73 Å². The molecule has 0 aromatic heterocycles. The first kappa shape index (κ1) is 13.9. The van der Waals surface area contributed by atoms with Crippen molar-refractivity contribution in [3.63, 3.8) is 0 Å². The molecule has 17 heavy (non-hydrogen) atoms. The lowest BCUT2D eigenvalue weighted by Gasteiger charge is -2.20. The van der Waals surface area contributed by atoms with Gasteiger partial charge in [0.1, 0.15) is 0 Å². The molecule has 0 aliphatic heterocycles. The summed E-state index contributed by atoms with van der Waals surface area (Å²) in [5, 5.41) is 0. The Labute approximate surface area is 107 Å². The average molecular weight is 252 g/mol. The number of thioether (sulfide) groups is 1. The number of anilines is 2. The summed E-state index contributed by atoms with van der Waals surface area (Å²) in [6, 6.07) is 5.63. The van der Waals surface area contributed by atoms with Crippen molar-refractivity contribution in [1.29, 1.82) is 0 Å². The zero-order valence-electron chi connectivity index (χ0n) is 10.7. The Balaban J connectivity index is 2.77. The summed E-state index contributed by atoms with van der Waals surface area (Å²) in [6.07, 6.45) is 3.24. The van der Waals surface area contributed by atoms with Crippen LogP contribution in [0.2, 0.25) is 0 Å². The van der Waals surface area contributed by atoms with Gasteiger partial charge in [0.25, 0.3) is 0 Å². The van der Waals surface area contributed by atoms with E-state index in [1.54, 1.807) is 13.0 Å². The monoisotopic (exact) mass is 252 g/mol. The van der Waals surface area contributed by atoms with E-state index in [0.717, 1.165) is 24.4 Å². The number of nitrogens with zero attached hydrogens (tertiary/aromatic N) is 1. The van der Waals surface area contributed by atoms with Gasteiger partial charge in [0.05, 0.1) is 0 Å². The molecule has 0 unspecified atom stereocenters. The highest BCUT2D eigenvalue weighted by Gasteiger charge is 2.08. The normalized spacial score (nSPS) is 10.3. The molecule has 1 rings (SSSR count). The van der Waals surface area contributed by atoms with E-state index in [-0.39, 0.29) is 5.78 Å². The van der Waals surface area contributed by atoms with Crippen molar-refractivity contribution in [2.24, 2.45) is 0 Å².